The molecule has 4 heteroatoms. The fraction of sp³-hybridized carbons (Fsp3) is 0.900. The van der Waals surface area contributed by atoms with E-state index in [0.29, 0.717) is 19.5 Å². The van der Waals surface area contributed by atoms with Gasteiger partial charge in [-0.05, 0) is 20.3 Å². The molecule has 2 N–H and O–H groups in total. The van der Waals surface area contributed by atoms with Crippen molar-refractivity contribution in [3.05, 3.63) is 0 Å². The molecule has 1 saturated heterocycles. The fourth-order valence-corrected chi connectivity index (χ4v) is 1.69. The number of ether oxygens (including phenoxy) is 1. The highest BCUT2D eigenvalue weighted by molar-refractivity contribution is 5.85. The number of methoxy groups -OCH3 is 1. The molecule has 1 atom stereocenters. The number of rotatable bonds is 3. The largest absolute Gasteiger partial charge is 0.369 e. The van der Waals surface area contributed by atoms with E-state index in [0.717, 1.165) is 0 Å². The normalized spacial score (nSPS) is 23.9. The number of nitrogens with zero attached hydrogens (tertiary/aromatic N) is 1. The lowest BCUT2D eigenvalue weighted by Gasteiger charge is -2.48. The molecule has 1 aliphatic rings. The van der Waals surface area contributed by atoms with E-state index >= 15 is 0 Å². The second kappa shape index (κ2) is 3.51. The summed E-state index contributed by atoms with van der Waals surface area (Å²) in [5.74, 6) is 0.0467. The molecule has 0 spiro atoms. The van der Waals surface area contributed by atoms with Crippen LogP contribution in [0.5, 0.6) is 0 Å². The van der Waals surface area contributed by atoms with Crippen LogP contribution in [0.15, 0.2) is 0 Å². The maximum Gasteiger partial charge on any atom is 0.254 e. The van der Waals surface area contributed by atoms with Crippen LogP contribution in [0.2, 0.25) is 0 Å². The molecule has 0 saturated carbocycles. The Morgan fingerprint density at radius 2 is 2.14 bits per heavy atom. The van der Waals surface area contributed by atoms with Crippen LogP contribution in [-0.2, 0) is 9.53 Å². The zero-order valence-electron chi connectivity index (χ0n) is 9.46. The first-order chi connectivity index (χ1) is 6.34. The van der Waals surface area contributed by atoms with Gasteiger partial charge in [0.15, 0.2) is 0 Å². The predicted octanol–water partition coefficient (Wildman–Crippen LogP) is 0.361. The SMILES string of the molecule is CCC(C)(OC)C(=O)N1CC(C)(N)C1. The van der Waals surface area contributed by atoms with E-state index in [1.165, 1.54) is 0 Å². The highest BCUT2D eigenvalue weighted by Gasteiger charge is 2.44. The van der Waals surface area contributed by atoms with Crippen molar-refractivity contribution in [3.8, 4) is 0 Å². The van der Waals surface area contributed by atoms with Gasteiger partial charge in [-0.3, -0.25) is 4.79 Å². The molecule has 1 fully saturated rings. The Bertz CT molecular complexity index is 226. The number of hydrogen-bond donors (Lipinski definition) is 1. The van der Waals surface area contributed by atoms with Crippen molar-refractivity contribution in [2.45, 2.75) is 38.3 Å². The Morgan fingerprint density at radius 1 is 1.64 bits per heavy atom. The number of carbonyl (C=O) groups excluding carboxylic acids is 1. The minimum Gasteiger partial charge on any atom is -0.369 e. The number of likely N-dealkylation sites (tertiary alicyclic amines) is 1. The number of hydrogen-bond acceptors (Lipinski definition) is 3. The van der Waals surface area contributed by atoms with Gasteiger partial charge in [0, 0.05) is 25.7 Å². The number of amides is 1. The summed E-state index contributed by atoms with van der Waals surface area (Å²) >= 11 is 0. The van der Waals surface area contributed by atoms with Crippen molar-refractivity contribution in [1.29, 1.82) is 0 Å². The molecule has 0 aromatic rings. The Labute approximate surface area is 85.4 Å². The molecular weight excluding hydrogens is 180 g/mol. The third kappa shape index (κ3) is 1.91. The van der Waals surface area contributed by atoms with E-state index in [4.69, 9.17) is 10.5 Å². The van der Waals surface area contributed by atoms with Gasteiger partial charge in [-0.2, -0.15) is 0 Å². The van der Waals surface area contributed by atoms with E-state index in [1.807, 2.05) is 20.8 Å². The van der Waals surface area contributed by atoms with Gasteiger partial charge in [-0.1, -0.05) is 6.92 Å². The van der Waals surface area contributed by atoms with Crippen LogP contribution in [0.4, 0.5) is 0 Å². The van der Waals surface area contributed by atoms with Gasteiger partial charge in [0.1, 0.15) is 5.60 Å². The van der Waals surface area contributed by atoms with E-state index in [1.54, 1.807) is 12.0 Å². The molecule has 4 nitrogen and oxygen atoms in total. The summed E-state index contributed by atoms with van der Waals surface area (Å²) in [5, 5.41) is 0. The topological polar surface area (TPSA) is 55.6 Å². The predicted molar refractivity (Wildman–Crippen MR) is 54.9 cm³/mol. The van der Waals surface area contributed by atoms with Crippen molar-refractivity contribution >= 4 is 5.91 Å². The van der Waals surface area contributed by atoms with E-state index in [2.05, 4.69) is 0 Å². The minimum atomic E-state index is -0.684. The third-order valence-electron chi connectivity index (χ3n) is 2.97. The standard InChI is InChI=1S/C10H20N2O2/c1-5-10(3,14-4)8(13)12-6-9(2,11)7-12/h5-7,11H2,1-4H3. The quantitative estimate of drug-likeness (QED) is 0.715. The van der Waals surface area contributed by atoms with Crippen LogP contribution < -0.4 is 5.73 Å². The Balaban J connectivity index is 2.59. The first-order valence-electron chi connectivity index (χ1n) is 4.98. The van der Waals surface area contributed by atoms with Gasteiger partial charge >= 0.3 is 0 Å². The first-order valence-corrected chi connectivity index (χ1v) is 4.98. The molecule has 82 valence electrons. The summed E-state index contributed by atoms with van der Waals surface area (Å²) in [6.45, 7) is 6.98. The van der Waals surface area contributed by atoms with Crippen molar-refractivity contribution < 1.29 is 9.53 Å². The molecule has 1 unspecified atom stereocenters. The van der Waals surface area contributed by atoms with Crippen molar-refractivity contribution in [2.75, 3.05) is 20.2 Å². The van der Waals surface area contributed by atoms with Crippen LogP contribution in [0.3, 0.4) is 0 Å². The van der Waals surface area contributed by atoms with Crippen LogP contribution >= 0.6 is 0 Å². The third-order valence-corrected chi connectivity index (χ3v) is 2.97. The van der Waals surface area contributed by atoms with E-state index in [9.17, 15) is 4.79 Å². The maximum absolute atomic E-state index is 11.9. The molecule has 1 rings (SSSR count). The van der Waals surface area contributed by atoms with Crippen LogP contribution in [0.25, 0.3) is 0 Å². The number of nitrogens with two attached hydrogens (primary N) is 1. The van der Waals surface area contributed by atoms with Crippen molar-refractivity contribution in [2.24, 2.45) is 5.73 Å². The lowest BCUT2D eigenvalue weighted by atomic mass is 9.90. The molecule has 1 aliphatic heterocycles. The van der Waals surface area contributed by atoms with Crippen LogP contribution in [0.1, 0.15) is 27.2 Å². The molecule has 14 heavy (non-hydrogen) atoms. The highest BCUT2D eigenvalue weighted by atomic mass is 16.5. The molecule has 0 aromatic heterocycles. The minimum absolute atomic E-state index is 0.0467. The van der Waals surface area contributed by atoms with Crippen LogP contribution in [-0.4, -0.2) is 42.1 Å². The molecule has 1 heterocycles. The van der Waals surface area contributed by atoms with Gasteiger partial charge in [0.2, 0.25) is 0 Å². The fourth-order valence-electron chi connectivity index (χ4n) is 1.69. The molecule has 0 bridgehead atoms. The Kier molecular flexibility index (Phi) is 2.88. The average Bonchev–Trinajstić information content (AvgIpc) is 2.11. The zero-order valence-corrected chi connectivity index (χ0v) is 9.46. The molecule has 0 aromatic carbocycles. The molecule has 0 radical (unpaired) electrons. The Hall–Kier alpha value is -0.610. The lowest BCUT2D eigenvalue weighted by molar-refractivity contribution is -0.160. The summed E-state index contributed by atoms with van der Waals surface area (Å²) in [6, 6.07) is 0. The molecule has 0 aliphatic carbocycles. The highest BCUT2D eigenvalue weighted by Crippen LogP contribution is 2.24. The van der Waals surface area contributed by atoms with Gasteiger partial charge in [-0.15, -0.1) is 0 Å². The van der Waals surface area contributed by atoms with Gasteiger partial charge < -0.3 is 15.4 Å². The summed E-state index contributed by atoms with van der Waals surface area (Å²) in [5.41, 5.74) is 4.95. The summed E-state index contributed by atoms with van der Waals surface area (Å²) < 4.78 is 5.24. The second-order valence-corrected chi connectivity index (χ2v) is 4.60. The van der Waals surface area contributed by atoms with E-state index in [-0.39, 0.29) is 11.4 Å². The summed E-state index contributed by atoms with van der Waals surface area (Å²) in [4.78, 5) is 13.7. The maximum atomic E-state index is 11.9. The smallest absolute Gasteiger partial charge is 0.254 e. The first kappa shape index (κ1) is 11.5. The van der Waals surface area contributed by atoms with E-state index < -0.39 is 5.60 Å². The summed E-state index contributed by atoms with van der Waals surface area (Å²) in [7, 11) is 1.57. The van der Waals surface area contributed by atoms with Gasteiger partial charge in [0.25, 0.3) is 5.91 Å². The summed E-state index contributed by atoms with van der Waals surface area (Å²) in [6.07, 6.45) is 0.681. The molecule has 1 amide bonds. The van der Waals surface area contributed by atoms with Gasteiger partial charge in [0.05, 0.1) is 0 Å². The second-order valence-electron chi connectivity index (χ2n) is 4.60. The lowest BCUT2D eigenvalue weighted by Crippen LogP contribution is -2.69. The van der Waals surface area contributed by atoms with Crippen molar-refractivity contribution in [1.82, 2.24) is 4.90 Å². The van der Waals surface area contributed by atoms with Crippen LogP contribution in [0, 0.1) is 0 Å². The van der Waals surface area contributed by atoms with Gasteiger partial charge in [-0.25, -0.2) is 0 Å². The Morgan fingerprint density at radius 3 is 2.43 bits per heavy atom. The molecular formula is C10H20N2O2. The van der Waals surface area contributed by atoms with Crippen molar-refractivity contribution in [3.63, 3.8) is 0 Å². The average molecular weight is 200 g/mol. The zero-order chi connectivity index (χ0) is 11.0. The number of carbonyl (C=O) groups is 1. The monoisotopic (exact) mass is 200 g/mol.